The van der Waals surface area contributed by atoms with Gasteiger partial charge in [-0.15, -0.1) is 0 Å². The SMILES string of the molecule is CC(Oc1ccc(Cl)cc1)C(=O)NC1CCC(C)(C)C1. The molecule has 0 heterocycles. The summed E-state index contributed by atoms with van der Waals surface area (Å²) in [7, 11) is 0. The van der Waals surface area contributed by atoms with Crippen LogP contribution in [0.25, 0.3) is 0 Å². The van der Waals surface area contributed by atoms with Crippen molar-refractivity contribution in [1.82, 2.24) is 5.32 Å². The predicted molar refractivity (Wildman–Crippen MR) is 81.1 cm³/mol. The monoisotopic (exact) mass is 295 g/mol. The lowest BCUT2D eigenvalue weighted by molar-refractivity contribution is -0.128. The lowest BCUT2D eigenvalue weighted by Gasteiger charge is -2.20. The number of ether oxygens (including phenoxy) is 1. The van der Waals surface area contributed by atoms with Gasteiger partial charge in [0, 0.05) is 11.1 Å². The minimum Gasteiger partial charge on any atom is -0.481 e. The van der Waals surface area contributed by atoms with Crippen molar-refractivity contribution in [1.29, 1.82) is 0 Å². The highest BCUT2D eigenvalue weighted by Crippen LogP contribution is 2.36. The van der Waals surface area contributed by atoms with Gasteiger partial charge in [-0.1, -0.05) is 25.4 Å². The van der Waals surface area contributed by atoms with Crippen molar-refractivity contribution in [3.63, 3.8) is 0 Å². The van der Waals surface area contributed by atoms with Crippen molar-refractivity contribution in [2.24, 2.45) is 5.41 Å². The standard InChI is InChI=1S/C16H22ClNO2/c1-11(20-14-6-4-12(17)5-7-14)15(19)18-13-8-9-16(2,3)10-13/h4-7,11,13H,8-10H2,1-3H3,(H,18,19). The molecule has 2 atom stereocenters. The van der Waals surface area contributed by atoms with E-state index < -0.39 is 6.10 Å². The molecule has 110 valence electrons. The molecule has 20 heavy (non-hydrogen) atoms. The van der Waals surface area contributed by atoms with Gasteiger partial charge in [0.1, 0.15) is 5.75 Å². The normalized spacial score (nSPS) is 22.3. The molecule has 3 nitrogen and oxygen atoms in total. The predicted octanol–water partition coefficient (Wildman–Crippen LogP) is 3.80. The van der Waals surface area contributed by atoms with Gasteiger partial charge in [-0.3, -0.25) is 4.79 Å². The van der Waals surface area contributed by atoms with E-state index in [1.165, 1.54) is 0 Å². The number of rotatable bonds is 4. The summed E-state index contributed by atoms with van der Waals surface area (Å²) in [6, 6.07) is 7.31. The maximum Gasteiger partial charge on any atom is 0.260 e. The van der Waals surface area contributed by atoms with Crippen LogP contribution in [0.15, 0.2) is 24.3 Å². The van der Waals surface area contributed by atoms with Gasteiger partial charge in [0.05, 0.1) is 0 Å². The van der Waals surface area contributed by atoms with E-state index in [0.29, 0.717) is 16.2 Å². The highest BCUT2D eigenvalue weighted by atomic mass is 35.5. The van der Waals surface area contributed by atoms with E-state index in [9.17, 15) is 4.79 Å². The van der Waals surface area contributed by atoms with Crippen molar-refractivity contribution in [3.8, 4) is 5.75 Å². The quantitative estimate of drug-likeness (QED) is 0.917. The Hall–Kier alpha value is -1.22. The van der Waals surface area contributed by atoms with Crippen LogP contribution >= 0.6 is 11.6 Å². The molecule has 4 heteroatoms. The third-order valence-electron chi connectivity index (χ3n) is 3.81. The van der Waals surface area contributed by atoms with E-state index in [2.05, 4.69) is 19.2 Å². The molecule has 1 aliphatic carbocycles. The summed E-state index contributed by atoms with van der Waals surface area (Å²) in [5.41, 5.74) is 0.332. The molecule has 2 rings (SSSR count). The van der Waals surface area contributed by atoms with Crippen LogP contribution in [-0.2, 0) is 4.79 Å². The van der Waals surface area contributed by atoms with Crippen molar-refractivity contribution in [2.75, 3.05) is 0 Å². The maximum atomic E-state index is 12.1. The summed E-state index contributed by atoms with van der Waals surface area (Å²) in [5.74, 6) is 0.603. The van der Waals surface area contributed by atoms with Gasteiger partial charge in [0.2, 0.25) is 0 Å². The first-order chi connectivity index (χ1) is 9.35. The number of halogens is 1. The van der Waals surface area contributed by atoms with Gasteiger partial charge in [-0.25, -0.2) is 0 Å². The van der Waals surface area contributed by atoms with E-state index in [0.717, 1.165) is 19.3 Å². The molecule has 1 saturated carbocycles. The van der Waals surface area contributed by atoms with Crippen LogP contribution in [-0.4, -0.2) is 18.1 Å². The van der Waals surface area contributed by atoms with Gasteiger partial charge in [-0.2, -0.15) is 0 Å². The molecule has 1 aromatic rings. The molecule has 0 aliphatic heterocycles. The van der Waals surface area contributed by atoms with Gasteiger partial charge < -0.3 is 10.1 Å². The topological polar surface area (TPSA) is 38.3 Å². The minimum atomic E-state index is -0.500. The van der Waals surface area contributed by atoms with Crippen molar-refractivity contribution in [2.45, 2.75) is 52.2 Å². The van der Waals surface area contributed by atoms with Gasteiger partial charge in [0.25, 0.3) is 5.91 Å². The number of benzene rings is 1. The highest BCUT2D eigenvalue weighted by molar-refractivity contribution is 6.30. The molecule has 1 N–H and O–H groups in total. The van der Waals surface area contributed by atoms with E-state index in [1.807, 2.05) is 0 Å². The fraction of sp³-hybridized carbons (Fsp3) is 0.562. The zero-order chi connectivity index (χ0) is 14.8. The summed E-state index contributed by atoms with van der Waals surface area (Å²) in [4.78, 5) is 12.1. The number of hydrogen-bond acceptors (Lipinski definition) is 2. The molecular weight excluding hydrogens is 274 g/mol. The largest absolute Gasteiger partial charge is 0.481 e. The summed E-state index contributed by atoms with van der Waals surface area (Å²) >= 11 is 5.82. The lowest BCUT2D eigenvalue weighted by atomic mass is 9.92. The van der Waals surface area contributed by atoms with Crippen molar-refractivity contribution < 1.29 is 9.53 Å². The first kappa shape index (κ1) is 15.2. The summed E-state index contributed by atoms with van der Waals surface area (Å²) < 4.78 is 5.62. The van der Waals surface area contributed by atoms with Crippen LogP contribution < -0.4 is 10.1 Å². The Balaban J connectivity index is 1.85. The van der Waals surface area contributed by atoms with Gasteiger partial charge in [-0.05, 0) is 55.9 Å². The zero-order valence-electron chi connectivity index (χ0n) is 12.3. The number of amides is 1. The van der Waals surface area contributed by atoms with Crippen LogP contribution in [0.5, 0.6) is 5.75 Å². The molecule has 0 aromatic heterocycles. The Bertz CT molecular complexity index is 470. The average molecular weight is 296 g/mol. The van der Waals surface area contributed by atoms with E-state index in [4.69, 9.17) is 16.3 Å². The Kier molecular flexibility index (Phi) is 4.59. The maximum absolute atomic E-state index is 12.1. The number of nitrogens with one attached hydrogen (secondary N) is 1. The second kappa shape index (κ2) is 6.04. The Morgan fingerprint density at radius 3 is 2.60 bits per heavy atom. The Morgan fingerprint density at radius 2 is 2.05 bits per heavy atom. The molecule has 0 bridgehead atoms. The molecule has 2 unspecified atom stereocenters. The molecule has 1 aromatic carbocycles. The zero-order valence-corrected chi connectivity index (χ0v) is 13.0. The average Bonchev–Trinajstić information content (AvgIpc) is 2.71. The van der Waals surface area contributed by atoms with E-state index >= 15 is 0 Å². The summed E-state index contributed by atoms with van der Waals surface area (Å²) in [6.45, 7) is 6.25. The van der Waals surface area contributed by atoms with Crippen LogP contribution in [0.1, 0.15) is 40.0 Å². The van der Waals surface area contributed by atoms with Gasteiger partial charge in [0.15, 0.2) is 6.10 Å². The first-order valence-corrected chi connectivity index (χ1v) is 7.46. The first-order valence-electron chi connectivity index (χ1n) is 7.08. The summed E-state index contributed by atoms with van der Waals surface area (Å²) in [6.07, 6.45) is 2.74. The van der Waals surface area contributed by atoms with Crippen LogP contribution in [0, 0.1) is 5.41 Å². The molecule has 1 amide bonds. The number of carbonyl (C=O) groups excluding carboxylic acids is 1. The highest BCUT2D eigenvalue weighted by Gasteiger charge is 2.32. The Morgan fingerprint density at radius 1 is 1.40 bits per heavy atom. The molecule has 0 radical (unpaired) electrons. The van der Waals surface area contributed by atoms with Crippen LogP contribution in [0.3, 0.4) is 0 Å². The van der Waals surface area contributed by atoms with E-state index in [-0.39, 0.29) is 11.9 Å². The Labute approximate surface area is 125 Å². The molecular formula is C16H22ClNO2. The number of carbonyl (C=O) groups is 1. The van der Waals surface area contributed by atoms with Crippen LogP contribution in [0.2, 0.25) is 5.02 Å². The van der Waals surface area contributed by atoms with Gasteiger partial charge >= 0.3 is 0 Å². The third kappa shape index (κ3) is 4.14. The molecule has 1 fully saturated rings. The fourth-order valence-corrected chi connectivity index (χ4v) is 2.77. The van der Waals surface area contributed by atoms with Crippen LogP contribution in [0.4, 0.5) is 0 Å². The molecule has 1 aliphatic rings. The van der Waals surface area contributed by atoms with Crippen molar-refractivity contribution in [3.05, 3.63) is 29.3 Å². The van der Waals surface area contributed by atoms with E-state index in [1.54, 1.807) is 31.2 Å². The van der Waals surface area contributed by atoms with Crippen molar-refractivity contribution >= 4 is 17.5 Å². The fourth-order valence-electron chi connectivity index (χ4n) is 2.65. The third-order valence-corrected chi connectivity index (χ3v) is 4.06. The minimum absolute atomic E-state index is 0.0531. The second-order valence-corrected chi connectivity index (χ2v) is 6.76. The summed E-state index contributed by atoms with van der Waals surface area (Å²) in [5, 5.41) is 3.73. The lowest BCUT2D eigenvalue weighted by Crippen LogP contribution is -2.41. The second-order valence-electron chi connectivity index (χ2n) is 6.33. The number of hydrogen-bond donors (Lipinski definition) is 1. The molecule has 0 saturated heterocycles. The molecule has 0 spiro atoms. The smallest absolute Gasteiger partial charge is 0.260 e.